The lowest BCUT2D eigenvalue weighted by atomic mass is 9.86. The molecule has 1 aromatic carbocycles. The molecular weight excluding hydrogens is 517 g/mol. The summed E-state index contributed by atoms with van der Waals surface area (Å²) in [5, 5.41) is 9.99. The zero-order valence-electron chi connectivity index (χ0n) is 23.0. The van der Waals surface area contributed by atoms with Crippen LogP contribution < -0.4 is 11.1 Å². The van der Waals surface area contributed by atoms with Crippen molar-refractivity contribution in [1.82, 2.24) is 15.1 Å². The Morgan fingerprint density at radius 2 is 1.67 bits per heavy atom. The number of hydrogen-bond acceptors (Lipinski definition) is 7. The van der Waals surface area contributed by atoms with Gasteiger partial charge >= 0.3 is 12.1 Å². The maximum atomic E-state index is 13.8. The van der Waals surface area contributed by atoms with Crippen molar-refractivity contribution in [3.8, 4) is 0 Å². The molecule has 0 spiro atoms. The van der Waals surface area contributed by atoms with Gasteiger partial charge in [-0.2, -0.15) is 13.2 Å². The number of aryl methyl sites for hydroxylation is 1. The summed E-state index contributed by atoms with van der Waals surface area (Å²) in [6.07, 6.45) is -0.517. The van der Waals surface area contributed by atoms with Gasteiger partial charge in [0.15, 0.2) is 0 Å². The molecule has 0 unspecified atom stereocenters. The fourth-order valence-electron chi connectivity index (χ4n) is 4.80. The molecule has 1 saturated heterocycles. The average molecular weight is 557 g/mol. The van der Waals surface area contributed by atoms with Gasteiger partial charge in [0.2, 0.25) is 0 Å². The van der Waals surface area contributed by atoms with Gasteiger partial charge in [-0.05, 0) is 69.2 Å². The second kappa shape index (κ2) is 13.0. The molecule has 1 aromatic rings. The maximum Gasteiger partial charge on any atom is 0.490 e. The van der Waals surface area contributed by atoms with Gasteiger partial charge in [-0.3, -0.25) is 19.3 Å². The second-order valence-corrected chi connectivity index (χ2v) is 11.0. The monoisotopic (exact) mass is 556 g/mol. The van der Waals surface area contributed by atoms with Crippen LogP contribution in [-0.2, 0) is 25.6 Å². The van der Waals surface area contributed by atoms with Gasteiger partial charge in [-0.25, -0.2) is 9.69 Å². The van der Waals surface area contributed by atoms with Crippen molar-refractivity contribution in [3.05, 3.63) is 35.4 Å². The summed E-state index contributed by atoms with van der Waals surface area (Å²) in [6.45, 7) is 7.95. The number of carboxylic acid groups (broad SMARTS) is 1. The topological polar surface area (TPSA) is 133 Å². The first-order valence-electron chi connectivity index (χ1n) is 13.0. The van der Waals surface area contributed by atoms with E-state index in [1.807, 2.05) is 26.8 Å². The number of fused-ring (bicyclic) bond motifs is 1. The summed E-state index contributed by atoms with van der Waals surface area (Å²) >= 11 is 0. The third kappa shape index (κ3) is 7.86. The molecule has 2 aliphatic rings. The van der Waals surface area contributed by atoms with Crippen LogP contribution in [0.1, 0.15) is 70.5 Å². The number of amides is 3. The Bertz CT molecular complexity index is 1060. The third-order valence-electron chi connectivity index (χ3n) is 7.22. The number of nitrogens with zero attached hydrogens (tertiary/aromatic N) is 2. The molecule has 3 amide bonds. The van der Waals surface area contributed by atoms with E-state index in [-0.39, 0.29) is 6.04 Å². The smallest absolute Gasteiger partial charge is 0.475 e. The van der Waals surface area contributed by atoms with Crippen molar-refractivity contribution in [2.45, 2.75) is 90.1 Å². The van der Waals surface area contributed by atoms with Gasteiger partial charge in [0, 0.05) is 6.04 Å². The van der Waals surface area contributed by atoms with Gasteiger partial charge in [-0.1, -0.05) is 45.0 Å². The Morgan fingerprint density at radius 1 is 1.08 bits per heavy atom. The predicted octanol–water partition coefficient (Wildman–Crippen LogP) is 3.02. The summed E-state index contributed by atoms with van der Waals surface area (Å²) in [4.78, 5) is 52.3. The van der Waals surface area contributed by atoms with Crippen LogP contribution in [0.3, 0.4) is 0 Å². The summed E-state index contributed by atoms with van der Waals surface area (Å²) in [6, 6.07) is 6.40. The Labute approximate surface area is 226 Å². The number of nitrogens with one attached hydrogen (secondary N) is 1. The number of halogens is 3. The van der Waals surface area contributed by atoms with Gasteiger partial charge in [-0.15, -0.1) is 0 Å². The van der Waals surface area contributed by atoms with Crippen LogP contribution in [0.4, 0.5) is 13.2 Å². The van der Waals surface area contributed by atoms with E-state index in [9.17, 15) is 27.6 Å². The van der Waals surface area contributed by atoms with E-state index in [2.05, 4.69) is 28.4 Å². The summed E-state index contributed by atoms with van der Waals surface area (Å²) < 4.78 is 31.7. The molecule has 3 rings (SSSR count). The molecule has 1 heterocycles. The van der Waals surface area contributed by atoms with Crippen molar-refractivity contribution in [2.75, 3.05) is 13.6 Å². The first kappa shape index (κ1) is 32.4. The number of nitrogens with two attached hydrogens (primary N) is 1. The van der Waals surface area contributed by atoms with Gasteiger partial charge in [0.25, 0.3) is 17.7 Å². The fourth-order valence-corrected chi connectivity index (χ4v) is 4.80. The van der Waals surface area contributed by atoms with E-state index in [4.69, 9.17) is 15.6 Å². The summed E-state index contributed by atoms with van der Waals surface area (Å²) in [5.74, 6) is -4.36. The standard InChI is InChI=1S/C25H38N4O3.C2HF3O2/c1-16(27-5)22(30)29(24(32)21(26)25(2,3)4)23(31)20-14-9-15-28(20)19-13-8-11-17-10-6-7-12-18(17)19;3-2(4,5)1(6)7/h6-7,10,12,16,19-21,27H,8-9,11,13-15,26H2,1-5H3;(H,6,7)/t16-,19+,20-,21+;/m0./s1. The third-order valence-corrected chi connectivity index (χ3v) is 7.22. The van der Waals surface area contributed by atoms with Crippen LogP contribution in [0.15, 0.2) is 24.3 Å². The molecule has 12 heteroatoms. The van der Waals surface area contributed by atoms with E-state index in [0.717, 1.165) is 37.1 Å². The molecule has 9 nitrogen and oxygen atoms in total. The Morgan fingerprint density at radius 3 is 2.21 bits per heavy atom. The van der Waals surface area contributed by atoms with Crippen LogP contribution in [0.2, 0.25) is 0 Å². The molecule has 0 radical (unpaired) electrons. The van der Waals surface area contributed by atoms with Gasteiger partial charge in [0.1, 0.15) is 0 Å². The predicted molar refractivity (Wildman–Crippen MR) is 138 cm³/mol. The van der Waals surface area contributed by atoms with Crippen LogP contribution in [0.25, 0.3) is 0 Å². The number of benzene rings is 1. The highest BCUT2D eigenvalue weighted by Crippen LogP contribution is 2.39. The fraction of sp³-hybridized carbons (Fsp3) is 0.630. The average Bonchev–Trinajstić information content (AvgIpc) is 3.36. The maximum absolute atomic E-state index is 13.8. The highest BCUT2D eigenvalue weighted by atomic mass is 19.4. The van der Waals surface area contributed by atoms with Crippen molar-refractivity contribution < 1.29 is 37.5 Å². The number of imide groups is 3. The number of likely N-dealkylation sites (N-methyl/N-ethyl adjacent to an activating group) is 1. The van der Waals surface area contributed by atoms with Crippen LogP contribution in [0.5, 0.6) is 0 Å². The first-order chi connectivity index (χ1) is 18.0. The molecule has 1 aliphatic carbocycles. The largest absolute Gasteiger partial charge is 0.490 e. The minimum absolute atomic E-state index is 0.126. The lowest BCUT2D eigenvalue weighted by molar-refractivity contribution is -0.192. The molecule has 4 N–H and O–H groups in total. The molecule has 1 fully saturated rings. The molecule has 39 heavy (non-hydrogen) atoms. The summed E-state index contributed by atoms with van der Waals surface area (Å²) in [7, 11) is 1.64. The number of likely N-dealkylation sites (tertiary alicyclic amines) is 1. The Balaban J connectivity index is 0.000000673. The molecule has 1 aliphatic heterocycles. The van der Waals surface area contributed by atoms with Crippen molar-refractivity contribution in [3.63, 3.8) is 0 Å². The van der Waals surface area contributed by atoms with E-state index >= 15 is 0 Å². The van der Waals surface area contributed by atoms with E-state index in [0.29, 0.717) is 6.42 Å². The van der Waals surface area contributed by atoms with Gasteiger partial charge < -0.3 is 16.2 Å². The van der Waals surface area contributed by atoms with Crippen molar-refractivity contribution in [2.24, 2.45) is 11.1 Å². The van der Waals surface area contributed by atoms with Crippen LogP contribution in [0, 0.1) is 5.41 Å². The molecule has 0 aromatic heterocycles. The van der Waals surface area contributed by atoms with E-state index < -0.39 is 53.4 Å². The molecular formula is C27H39F3N4O5. The first-order valence-corrected chi connectivity index (χ1v) is 13.0. The highest BCUT2D eigenvalue weighted by Gasteiger charge is 2.45. The van der Waals surface area contributed by atoms with Crippen molar-refractivity contribution >= 4 is 23.7 Å². The number of carbonyl (C=O) groups excluding carboxylic acids is 3. The van der Waals surface area contributed by atoms with E-state index in [1.165, 1.54) is 11.1 Å². The van der Waals surface area contributed by atoms with E-state index in [1.54, 1.807) is 14.0 Å². The minimum atomic E-state index is -5.08. The number of rotatable bonds is 5. The lowest BCUT2D eigenvalue weighted by Gasteiger charge is -2.38. The number of carbonyl (C=O) groups is 4. The second-order valence-electron chi connectivity index (χ2n) is 11.0. The zero-order chi connectivity index (χ0) is 29.7. The zero-order valence-corrected chi connectivity index (χ0v) is 23.0. The van der Waals surface area contributed by atoms with Crippen LogP contribution in [-0.4, -0.2) is 76.5 Å². The number of carboxylic acids is 1. The van der Waals surface area contributed by atoms with Crippen molar-refractivity contribution in [1.29, 1.82) is 0 Å². The van der Waals surface area contributed by atoms with Gasteiger partial charge in [0.05, 0.1) is 18.1 Å². The quantitative estimate of drug-likeness (QED) is 0.504. The lowest BCUT2D eigenvalue weighted by Crippen LogP contribution is -2.60. The minimum Gasteiger partial charge on any atom is -0.475 e. The molecule has 4 atom stereocenters. The molecule has 218 valence electrons. The van der Waals surface area contributed by atoms with Crippen LogP contribution >= 0.6 is 0 Å². The summed E-state index contributed by atoms with van der Waals surface area (Å²) in [5.41, 5.74) is 8.23. The highest BCUT2D eigenvalue weighted by molar-refractivity contribution is 6.15. The Hall–Kier alpha value is -2.83. The Kier molecular flexibility index (Phi) is 10.8. The number of hydrogen-bond donors (Lipinski definition) is 3. The number of alkyl halides is 3. The SMILES string of the molecule is CN[C@@H](C)C(=O)N(C(=O)[C@@H](N)C(C)(C)C)C(=O)[C@@H]1CCCN1[C@@H]1CCCc2ccccc21.O=C(O)C(F)(F)F. The number of aliphatic carboxylic acids is 1. The molecule has 0 bridgehead atoms. The molecule has 0 saturated carbocycles. The normalized spacial score (nSPS) is 21.2.